The molecule has 2 aromatic rings. The summed E-state index contributed by atoms with van der Waals surface area (Å²) in [5.41, 5.74) is 1.04. The van der Waals surface area contributed by atoms with Crippen LogP contribution in [0.15, 0.2) is 27.1 Å². The van der Waals surface area contributed by atoms with E-state index in [1.165, 1.54) is 0 Å². The first-order valence-electron chi connectivity index (χ1n) is 5.10. The van der Waals surface area contributed by atoms with Gasteiger partial charge in [0.25, 0.3) is 0 Å². The number of hydrogen-bond donors (Lipinski definition) is 0. The largest absolute Gasteiger partial charge is 0.311 e. The van der Waals surface area contributed by atoms with Crippen molar-refractivity contribution in [3.63, 3.8) is 0 Å². The molecule has 0 atom stereocenters. The van der Waals surface area contributed by atoms with E-state index >= 15 is 0 Å². The molecule has 0 bridgehead atoms. The van der Waals surface area contributed by atoms with Crippen LogP contribution in [0.3, 0.4) is 0 Å². The zero-order valence-corrected chi connectivity index (χ0v) is 13.9. The van der Waals surface area contributed by atoms with Crippen LogP contribution in [0.5, 0.6) is 0 Å². The SMILES string of the molecule is CCn1c(CBr)nnc1-c1cc(Br)ccc1Br. The fourth-order valence-electron chi connectivity index (χ4n) is 1.63. The third-order valence-corrected chi connectivity index (χ3v) is 4.12. The molecule has 6 heteroatoms. The zero-order chi connectivity index (χ0) is 12.4. The van der Waals surface area contributed by atoms with E-state index < -0.39 is 0 Å². The summed E-state index contributed by atoms with van der Waals surface area (Å²) in [4.78, 5) is 0. The van der Waals surface area contributed by atoms with Crippen LogP contribution in [0.4, 0.5) is 0 Å². The van der Waals surface area contributed by atoms with Gasteiger partial charge in [0.1, 0.15) is 5.82 Å². The molecule has 1 heterocycles. The molecule has 0 amide bonds. The highest BCUT2D eigenvalue weighted by molar-refractivity contribution is 9.11. The second-order valence-electron chi connectivity index (χ2n) is 3.44. The average molecular weight is 424 g/mol. The van der Waals surface area contributed by atoms with Crippen LogP contribution in [0.1, 0.15) is 12.7 Å². The van der Waals surface area contributed by atoms with Gasteiger partial charge in [-0.15, -0.1) is 10.2 Å². The third-order valence-electron chi connectivity index (χ3n) is 2.43. The number of hydrogen-bond acceptors (Lipinski definition) is 2. The number of benzene rings is 1. The molecule has 0 N–H and O–H groups in total. The highest BCUT2D eigenvalue weighted by Crippen LogP contribution is 2.30. The van der Waals surface area contributed by atoms with Gasteiger partial charge in [-0.25, -0.2) is 0 Å². The molecule has 0 aliphatic rings. The molecule has 1 aromatic heterocycles. The number of rotatable bonds is 3. The lowest BCUT2D eigenvalue weighted by Gasteiger charge is -2.08. The Labute approximate surface area is 125 Å². The van der Waals surface area contributed by atoms with Crippen molar-refractivity contribution < 1.29 is 0 Å². The lowest BCUT2D eigenvalue weighted by Crippen LogP contribution is -2.02. The Morgan fingerprint density at radius 2 is 2.00 bits per heavy atom. The van der Waals surface area contributed by atoms with Gasteiger partial charge in [0, 0.05) is 21.1 Å². The topological polar surface area (TPSA) is 30.7 Å². The highest BCUT2D eigenvalue weighted by atomic mass is 79.9. The Morgan fingerprint density at radius 1 is 1.24 bits per heavy atom. The smallest absolute Gasteiger partial charge is 0.165 e. The number of halogens is 3. The van der Waals surface area contributed by atoms with Crippen molar-refractivity contribution in [2.75, 3.05) is 0 Å². The van der Waals surface area contributed by atoms with E-state index in [0.29, 0.717) is 5.33 Å². The summed E-state index contributed by atoms with van der Waals surface area (Å²) in [6.45, 7) is 2.94. The van der Waals surface area contributed by atoms with Gasteiger partial charge in [0.05, 0.1) is 5.33 Å². The number of aromatic nitrogens is 3. The molecule has 0 radical (unpaired) electrons. The van der Waals surface area contributed by atoms with Crippen LogP contribution < -0.4 is 0 Å². The van der Waals surface area contributed by atoms with Crippen molar-refractivity contribution in [1.82, 2.24) is 14.8 Å². The van der Waals surface area contributed by atoms with Crippen LogP contribution in [-0.2, 0) is 11.9 Å². The standard InChI is InChI=1S/C11H10Br3N3/c1-2-17-10(6-12)15-16-11(17)8-5-7(13)3-4-9(8)14/h3-5H,2,6H2,1H3. The van der Waals surface area contributed by atoms with Gasteiger partial charge in [0.15, 0.2) is 5.82 Å². The molecule has 1 aromatic carbocycles. The quantitative estimate of drug-likeness (QED) is 0.686. The first-order chi connectivity index (χ1) is 8.17. The molecule has 2 rings (SSSR count). The van der Waals surface area contributed by atoms with E-state index in [-0.39, 0.29) is 0 Å². The van der Waals surface area contributed by atoms with Crippen molar-refractivity contribution in [2.24, 2.45) is 0 Å². The number of nitrogens with zero attached hydrogens (tertiary/aromatic N) is 3. The Kier molecular flexibility index (Phi) is 4.38. The van der Waals surface area contributed by atoms with Crippen molar-refractivity contribution in [3.05, 3.63) is 33.0 Å². The molecule has 0 saturated heterocycles. The average Bonchev–Trinajstić information content (AvgIpc) is 2.74. The maximum atomic E-state index is 4.26. The lowest BCUT2D eigenvalue weighted by atomic mass is 10.2. The van der Waals surface area contributed by atoms with E-state index in [0.717, 1.165) is 32.7 Å². The van der Waals surface area contributed by atoms with Crippen LogP contribution in [0.2, 0.25) is 0 Å². The fraction of sp³-hybridized carbons (Fsp3) is 0.273. The Bertz CT molecular complexity index is 537. The summed E-state index contributed by atoms with van der Waals surface area (Å²) in [5.74, 6) is 1.82. The van der Waals surface area contributed by atoms with Crippen LogP contribution in [-0.4, -0.2) is 14.8 Å². The van der Waals surface area contributed by atoms with Gasteiger partial charge in [-0.2, -0.15) is 0 Å². The maximum Gasteiger partial charge on any atom is 0.165 e. The maximum absolute atomic E-state index is 4.26. The molecule has 0 saturated carbocycles. The van der Waals surface area contributed by atoms with Crippen molar-refractivity contribution in [2.45, 2.75) is 18.8 Å². The van der Waals surface area contributed by atoms with Gasteiger partial charge >= 0.3 is 0 Å². The van der Waals surface area contributed by atoms with Gasteiger partial charge < -0.3 is 4.57 Å². The van der Waals surface area contributed by atoms with Gasteiger partial charge in [-0.1, -0.05) is 47.8 Å². The minimum atomic E-state index is 0.708. The lowest BCUT2D eigenvalue weighted by molar-refractivity contribution is 0.733. The molecule has 0 unspecified atom stereocenters. The summed E-state index contributed by atoms with van der Waals surface area (Å²) >= 11 is 10.4. The molecular weight excluding hydrogens is 414 g/mol. The predicted molar refractivity (Wildman–Crippen MR) is 79.2 cm³/mol. The fourth-order valence-corrected chi connectivity index (χ4v) is 2.83. The minimum Gasteiger partial charge on any atom is -0.311 e. The molecule has 17 heavy (non-hydrogen) atoms. The Hall–Kier alpha value is -0.200. The van der Waals surface area contributed by atoms with Crippen LogP contribution in [0, 0.1) is 0 Å². The normalized spacial score (nSPS) is 10.8. The first-order valence-corrected chi connectivity index (χ1v) is 7.81. The molecule has 0 fully saturated rings. The summed E-state index contributed by atoms with van der Waals surface area (Å²) in [7, 11) is 0. The summed E-state index contributed by atoms with van der Waals surface area (Å²) in [6, 6.07) is 6.03. The first kappa shape index (κ1) is 13.2. The van der Waals surface area contributed by atoms with Crippen molar-refractivity contribution >= 4 is 47.8 Å². The Balaban J connectivity index is 2.59. The predicted octanol–water partition coefficient (Wildman–Crippen LogP) is 4.38. The second-order valence-corrected chi connectivity index (χ2v) is 5.77. The van der Waals surface area contributed by atoms with Crippen LogP contribution >= 0.6 is 47.8 Å². The monoisotopic (exact) mass is 421 g/mol. The molecule has 0 spiro atoms. The van der Waals surface area contributed by atoms with E-state index in [9.17, 15) is 0 Å². The van der Waals surface area contributed by atoms with E-state index in [1.54, 1.807) is 0 Å². The molecule has 90 valence electrons. The van der Waals surface area contributed by atoms with E-state index in [2.05, 4.69) is 69.5 Å². The van der Waals surface area contributed by atoms with Crippen molar-refractivity contribution in [1.29, 1.82) is 0 Å². The van der Waals surface area contributed by atoms with Gasteiger partial charge in [-0.3, -0.25) is 0 Å². The molecule has 0 aliphatic heterocycles. The zero-order valence-electron chi connectivity index (χ0n) is 9.12. The molecule has 0 aliphatic carbocycles. The second kappa shape index (κ2) is 5.63. The van der Waals surface area contributed by atoms with Crippen molar-refractivity contribution in [3.8, 4) is 11.4 Å². The molecule has 3 nitrogen and oxygen atoms in total. The van der Waals surface area contributed by atoms with Gasteiger partial charge in [-0.05, 0) is 25.1 Å². The summed E-state index contributed by atoms with van der Waals surface area (Å²) in [6.07, 6.45) is 0. The van der Waals surface area contributed by atoms with Gasteiger partial charge in [0.2, 0.25) is 0 Å². The van der Waals surface area contributed by atoms with Crippen LogP contribution in [0.25, 0.3) is 11.4 Å². The highest BCUT2D eigenvalue weighted by Gasteiger charge is 2.14. The van der Waals surface area contributed by atoms with E-state index in [4.69, 9.17) is 0 Å². The minimum absolute atomic E-state index is 0.708. The van der Waals surface area contributed by atoms with E-state index in [1.807, 2.05) is 18.2 Å². The number of alkyl halides is 1. The third kappa shape index (κ3) is 2.63. The molecular formula is C11H10Br3N3. The Morgan fingerprint density at radius 3 is 2.65 bits per heavy atom. The summed E-state index contributed by atoms with van der Waals surface area (Å²) in [5, 5.41) is 9.15. The summed E-state index contributed by atoms with van der Waals surface area (Å²) < 4.78 is 4.15.